The summed E-state index contributed by atoms with van der Waals surface area (Å²) < 4.78 is 10.2. The van der Waals surface area contributed by atoms with E-state index in [0.29, 0.717) is 6.42 Å². The number of anilines is 1. The van der Waals surface area contributed by atoms with Crippen molar-refractivity contribution in [3.05, 3.63) is 29.8 Å². The topological polar surface area (TPSA) is 67.8 Å². The maximum Gasteiger partial charge on any atom is 0.306 e. The van der Waals surface area contributed by atoms with Crippen molar-refractivity contribution in [2.75, 3.05) is 26.1 Å². The Balaban J connectivity index is 2.40. The summed E-state index contributed by atoms with van der Waals surface area (Å²) >= 11 is 0. The molecular weight excluding hydrogens is 258 g/mol. The summed E-state index contributed by atoms with van der Waals surface area (Å²) in [4.78, 5) is 10.8. The molecule has 1 rings (SSSR count). The maximum absolute atomic E-state index is 10.8. The number of aliphatic carboxylic acids is 1. The Morgan fingerprint density at radius 2 is 1.85 bits per heavy atom. The fraction of sp³-hybridized carbons (Fsp3) is 0.533. The Bertz CT molecular complexity index is 401. The van der Waals surface area contributed by atoms with Gasteiger partial charge in [-0.15, -0.1) is 0 Å². The lowest BCUT2D eigenvalue weighted by molar-refractivity contribution is -0.141. The Labute approximate surface area is 119 Å². The quantitative estimate of drug-likeness (QED) is 0.680. The van der Waals surface area contributed by atoms with Crippen LogP contribution in [0.5, 0.6) is 0 Å². The van der Waals surface area contributed by atoms with Gasteiger partial charge in [0.15, 0.2) is 6.29 Å². The van der Waals surface area contributed by atoms with Crippen molar-refractivity contribution in [2.24, 2.45) is 5.92 Å². The van der Waals surface area contributed by atoms with E-state index in [1.807, 2.05) is 24.3 Å². The van der Waals surface area contributed by atoms with Gasteiger partial charge in [-0.1, -0.05) is 19.1 Å². The molecule has 0 aromatic heterocycles. The van der Waals surface area contributed by atoms with Crippen molar-refractivity contribution in [2.45, 2.75) is 26.1 Å². The minimum absolute atomic E-state index is 0.196. The van der Waals surface area contributed by atoms with Gasteiger partial charge in [0.05, 0.1) is 5.92 Å². The van der Waals surface area contributed by atoms with Gasteiger partial charge in [-0.05, 0) is 24.1 Å². The van der Waals surface area contributed by atoms with E-state index in [1.165, 1.54) is 0 Å². The summed E-state index contributed by atoms with van der Waals surface area (Å²) in [6.45, 7) is 2.46. The summed E-state index contributed by atoms with van der Waals surface area (Å²) in [5, 5.41) is 12.1. The van der Waals surface area contributed by atoms with Crippen molar-refractivity contribution in [3.8, 4) is 0 Å². The third-order valence-corrected chi connectivity index (χ3v) is 3.15. The predicted molar refractivity (Wildman–Crippen MR) is 77.9 cm³/mol. The Morgan fingerprint density at radius 3 is 2.35 bits per heavy atom. The summed E-state index contributed by atoms with van der Waals surface area (Å²) in [6, 6.07) is 7.81. The highest BCUT2D eigenvalue weighted by Crippen LogP contribution is 2.13. The van der Waals surface area contributed by atoms with E-state index in [1.54, 1.807) is 21.1 Å². The number of hydrogen-bond donors (Lipinski definition) is 2. The molecule has 0 radical (unpaired) electrons. The third-order valence-electron chi connectivity index (χ3n) is 3.15. The molecule has 112 valence electrons. The van der Waals surface area contributed by atoms with Gasteiger partial charge in [0.25, 0.3) is 0 Å². The van der Waals surface area contributed by atoms with Gasteiger partial charge in [0.1, 0.15) is 0 Å². The molecule has 0 aliphatic heterocycles. The molecule has 5 nitrogen and oxygen atoms in total. The number of carbonyl (C=O) groups is 1. The molecule has 0 bridgehead atoms. The van der Waals surface area contributed by atoms with Crippen molar-refractivity contribution >= 4 is 11.7 Å². The first-order valence-corrected chi connectivity index (χ1v) is 6.68. The second-order valence-electron chi connectivity index (χ2n) is 4.76. The average Bonchev–Trinajstić information content (AvgIpc) is 2.45. The van der Waals surface area contributed by atoms with Crippen LogP contribution in [0.15, 0.2) is 24.3 Å². The van der Waals surface area contributed by atoms with Crippen molar-refractivity contribution in [1.82, 2.24) is 0 Å². The molecule has 1 aromatic rings. The van der Waals surface area contributed by atoms with Crippen molar-refractivity contribution in [3.63, 3.8) is 0 Å². The zero-order chi connectivity index (χ0) is 15.0. The Kier molecular flexibility index (Phi) is 7.04. The minimum atomic E-state index is -0.766. The number of carboxylic acid groups (broad SMARTS) is 1. The van der Waals surface area contributed by atoms with E-state index < -0.39 is 5.97 Å². The second-order valence-corrected chi connectivity index (χ2v) is 4.76. The molecule has 0 saturated heterocycles. The SMILES string of the molecule is COC(CCNc1ccc(CC(C)C(=O)O)cc1)OC. The minimum Gasteiger partial charge on any atom is -0.481 e. The van der Waals surface area contributed by atoms with Crippen LogP contribution < -0.4 is 5.32 Å². The molecule has 0 spiro atoms. The van der Waals surface area contributed by atoms with Gasteiger partial charge in [-0.2, -0.15) is 0 Å². The number of ether oxygens (including phenoxy) is 2. The summed E-state index contributed by atoms with van der Waals surface area (Å²) in [5.41, 5.74) is 2.03. The highest BCUT2D eigenvalue weighted by molar-refractivity contribution is 5.69. The average molecular weight is 281 g/mol. The molecule has 0 aliphatic rings. The largest absolute Gasteiger partial charge is 0.481 e. The molecule has 0 fully saturated rings. The lowest BCUT2D eigenvalue weighted by Crippen LogP contribution is -2.17. The first-order chi connectivity index (χ1) is 9.56. The van der Waals surface area contributed by atoms with Crippen LogP contribution in [-0.2, 0) is 20.7 Å². The lowest BCUT2D eigenvalue weighted by atomic mass is 10.0. The van der Waals surface area contributed by atoms with E-state index in [-0.39, 0.29) is 12.2 Å². The first kappa shape index (κ1) is 16.5. The van der Waals surface area contributed by atoms with Gasteiger partial charge in [-0.3, -0.25) is 4.79 Å². The number of benzene rings is 1. The normalized spacial score (nSPS) is 12.4. The van der Waals surface area contributed by atoms with E-state index in [2.05, 4.69) is 5.32 Å². The summed E-state index contributed by atoms with van der Waals surface area (Å²) in [7, 11) is 3.24. The lowest BCUT2D eigenvalue weighted by Gasteiger charge is -2.14. The zero-order valence-electron chi connectivity index (χ0n) is 12.3. The number of methoxy groups -OCH3 is 2. The molecule has 20 heavy (non-hydrogen) atoms. The zero-order valence-corrected chi connectivity index (χ0v) is 12.3. The fourth-order valence-electron chi connectivity index (χ4n) is 1.87. The molecule has 1 atom stereocenters. The van der Waals surface area contributed by atoms with Crippen LogP contribution in [-0.4, -0.2) is 38.1 Å². The summed E-state index contributed by atoms with van der Waals surface area (Å²) in [5.74, 6) is -1.13. The fourth-order valence-corrected chi connectivity index (χ4v) is 1.87. The van der Waals surface area contributed by atoms with Crippen LogP contribution in [0, 0.1) is 5.92 Å². The first-order valence-electron chi connectivity index (χ1n) is 6.68. The Morgan fingerprint density at radius 1 is 1.25 bits per heavy atom. The van der Waals surface area contributed by atoms with Crippen LogP contribution in [0.4, 0.5) is 5.69 Å². The van der Waals surface area contributed by atoms with E-state index >= 15 is 0 Å². The van der Waals surface area contributed by atoms with E-state index in [0.717, 1.165) is 24.2 Å². The molecule has 2 N–H and O–H groups in total. The second kappa shape index (κ2) is 8.55. The standard InChI is InChI=1S/C15H23NO4/c1-11(15(17)18)10-12-4-6-13(7-5-12)16-9-8-14(19-2)20-3/h4-7,11,14,16H,8-10H2,1-3H3,(H,17,18). The van der Waals surface area contributed by atoms with Crippen LogP contribution >= 0.6 is 0 Å². The molecule has 1 unspecified atom stereocenters. The number of hydrogen-bond acceptors (Lipinski definition) is 4. The van der Waals surface area contributed by atoms with E-state index in [9.17, 15) is 4.79 Å². The van der Waals surface area contributed by atoms with Crippen LogP contribution in [0.25, 0.3) is 0 Å². The van der Waals surface area contributed by atoms with Crippen LogP contribution in [0.1, 0.15) is 18.9 Å². The highest BCUT2D eigenvalue weighted by Gasteiger charge is 2.11. The van der Waals surface area contributed by atoms with E-state index in [4.69, 9.17) is 14.6 Å². The summed E-state index contributed by atoms with van der Waals surface area (Å²) in [6.07, 6.45) is 1.11. The number of nitrogens with one attached hydrogen (secondary N) is 1. The predicted octanol–water partition coefficient (Wildman–Crippen LogP) is 2.37. The van der Waals surface area contributed by atoms with Crippen LogP contribution in [0.2, 0.25) is 0 Å². The molecule has 0 saturated carbocycles. The maximum atomic E-state index is 10.8. The monoisotopic (exact) mass is 281 g/mol. The van der Waals surface area contributed by atoms with Gasteiger partial charge in [-0.25, -0.2) is 0 Å². The highest BCUT2D eigenvalue weighted by atomic mass is 16.7. The van der Waals surface area contributed by atoms with Gasteiger partial charge >= 0.3 is 5.97 Å². The molecular formula is C15H23NO4. The van der Waals surface area contributed by atoms with Crippen molar-refractivity contribution in [1.29, 1.82) is 0 Å². The Hall–Kier alpha value is -1.59. The smallest absolute Gasteiger partial charge is 0.306 e. The number of carboxylic acids is 1. The van der Waals surface area contributed by atoms with Gasteiger partial charge in [0, 0.05) is 32.9 Å². The molecule has 0 aliphatic carbocycles. The molecule has 1 aromatic carbocycles. The van der Waals surface area contributed by atoms with Gasteiger partial charge < -0.3 is 19.9 Å². The van der Waals surface area contributed by atoms with Crippen molar-refractivity contribution < 1.29 is 19.4 Å². The molecule has 0 amide bonds. The molecule has 0 heterocycles. The number of rotatable bonds is 9. The third kappa shape index (κ3) is 5.59. The van der Waals surface area contributed by atoms with Gasteiger partial charge in [0.2, 0.25) is 0 Å². The molecule has 5 heteroatoms. The van der Waals surface area contributed by atoms with Crippen LogP contribution in [0.3, 0.4) is 0 Å².